The van der Waals surface area contributed by atoms with Gasteiger partial charge in [0.15, 0.2) is 0 Å². The lowest BCUT2D eigenvalue weighted by Crippen LogP contribution is -2.17. The van der Waals surface area contributed by atoms with Gasteiger partial charge >= 0.3 is 0 Å². The van der Waals surface area contributed by atoms with Crippen LogP contribution >= 0.6 is 27.3 Å². The summed E-state index contributed by atoms with van der Waals surface area (Å²) in [5, 5.41) is 11.6. The molecular formula is C11H17BrOS. The third kappa shape index (κ3) is 5.13. The minimum absolute atomic E-state index is 0.504. The Labute approximate surface area is 98.3 Å². The van der Waals surface area contributed by atoms with Gasteiger partial charge in [0.05, 0.1) is 5.60 Å². The van der Waals surface area contributed by atoms with Crippen LogP contribution in [-0.4, -0.2) is 10.7 Å². The van der Waals surface area contributed by atoms with Crippen molar-refractivity contribution in [1.29, 1.82) is 0 Å². The van der Waals surface area contributed by atoms with E-state index in [0.29, 0.717) is 0 Å². The second-order valence-electron chi connectivity index (χ2n) is 4.25. The molecule has 0 atom stereocenters. The van der Waals surface area contributed by atoms with Gasteiger partial charge in [0.1, 0.15) is 0 Å². The van der Waals surface area contributed by atoms with E-state index < -0.39 is 5.60 Å². The van der Waals surface area contributed by atoms with Crippen molar-refractivity contribution in [3.63, 3.8) is 0 Å². The van der Waals surface area contributed by atoms with Gasteiger partial charge in [-0.1, -0.05) is 6.42 Å². The zero-order valence-electron chi connectivity index (χ0n) is 8.72. The SMILES string of the molecule is CC(C)(O)CCCCc1cc(Br)cs1. The summed E-state index contributed by atoms with van der Waals surface area (Å²) in [4.78, 5) is 1.42. The highest BCUT2D eigenvalue weighted by Crippen LogP contribution is 2.22. The molecule has 0 unspecified atom stereocenters. The molecule has 0 aromatic carbocycles. The lowest BCUT2D eigenvalue weighted by atomic mass is 10.0. The van der Waals surface area contributed by atoms with E-state index >= 15 is 0 Å². The maximum absolute atomic E-state index is 9.51. The molecule has 1 nitrogen and oxygen atoms in total. The molecular weight excluding hydrogens is 260 g/mol. The molecule has 1 aromatic rings. The van der Waals surface area contributed by atoms with E-state index in [1.165, 1.54) is 9.35 Å². The highest BCUT2D eigenvalue weighted by Gasteiger charge is 2.11. The van der Waals surface area contributed by atoms with E-state index in [9.17, 15) is 5.11 Å². The Morgan fingerprint density at radius 3 is 2.64 bits per heavy atom. The summed E-state index contributed by atoms with van der Waals surface area (Å²) in [6.07, 6.45) is 4.28. The molecule has 0 saturated heterocycles. The predicted octanol–water partition coefficient (Wildman–Crippen LogP) is 3.99. The second kappa shape index (κ2) is 5.29. The Balaban J connectivity index is 2.16. The first-order chi connectivity index (χ1) is 6.47. The van der Waals surface area contributed by atoms with Crippen molar-refractivity contribution in [2.24, 2.45) is 0 Å². The largest absolute Gasteiger partial charge is 0.390 e. The van der Waals surface area contributed by atoms with Crippen LogP contribution in [0.2, 0.25) is 0 Å². The Morgan fingerprint density at radius 2 is 2.14 bits per heavy atom. The summed E-state index contributed by atoms with van der Waals surface area (Å²) in [6, 6.07) is 2.18. The summed E-state index contributed by atoms with van der Waals surface area (Å²) in [5.41, 5.74) is -0.504. The number of hydrogen-bond donors (Lipinski definition) is 1. The smallest absolute Gasteiger partial charge is 0.0591 e. The average Bonchev–Trinajstić information content (AvgIpc) is 2.44. The molecule has 1 aromatic heterocycles. The number of aryl methyl sites for hydroxylation is 1. The van der Waals surface area contributed by atoms with Crippen LogP contribution in [0.15, 0.2) is 15.9 Å². The van der Waals surface area contributed by atoms with E-state index in [1.807, 2.05) is 13.8 Å². The average molecular weight is 277 g/mol. The van der Waals surface area contributed by atoms with Crippen molar-refractivity contribution in [3.8, 4) is 0 Å². The van der Waals surface area contributed by atoms with Gasteiger partial charge in [-0.2, -0.15) is 0 Å². The van der Waals surface area contributed by atoms with Crippen LogP contribution in [-0.2, 0) is 6.42 Å². The molecule has 0 aliphatic heterocycles. The van der Waals surface area contributed by atoms with Crippen LogP contribution in [0.4, 0.5) is 0 Å². The van der Waals surface area contributed by atoms with Crippen LogP contribution in [0.25, 0.3) is 0 Å². The van der Waals surface area contributed by atoms with Crippen LogP contribution in [0.5, 0.6) is 0 Å². The van der Waals surface area contributed by atoms with Gasteiger partial charge in [0.25, 0.3) is 0 Å². The standard InChI is InChI=1S/C11H17BrOS/c1-11(2,13)6-4-3-5-10-7-9(12)8-14-10/h7-8,13H,3-6H2,1-2H3. The molecule has 0 aliphatic rings. The zero-order valence-corrected chi connectivity index (χ0v) is 11.1. The first-order valence-corrected chi connectivity index (χ1v) is 6.60. The van der Waals surface area contributed by atoms with Gasteiger partial charge in [-0.3, -0.25) is 0 Å². The maximum atomic E-state index is 9.51. The lowest BCUT2D eigenvalue weighted by molar-refractivity contribution is 0.0683. The Morgan fingerprint density at radius 1 is 1.43 bits per heavy atom. The molecule has 3 heteroatoms. The second-order valence-corrected chi connectivity index (χ2v) is 6.16. The zero-order chi connectivity index (χ0) is 10.6. The number of unbranched alkanes of at least 4 members (excludes halogenated alkanes) is 1. The maximum Gasteiger partial charge on any atom is 0.0591 e. The van der Waals surface area contributed by atoms with Gasteiger partial charge in [-0.05, 0) is 55.1 Å². The van der Waals surface area contributed by atoms with Crippen molar-refractivity contribution >= 4 is 27.3 Å². The lowest BCUT2D eigenvalue weighted by Gasteiger charge is -2.16. The minimum Gasteiger partial charge on any atom is -0.390 e. The van der Waals surface area contributed by atoms with E-state index in [4.69, 9.17) is 0 Å². The molecule has 0 spiro atoms. The van der Waals surface area contributed by atoms with E-state index in [2.05, 4.69) is 27.4 Å². The van der Waals surface area contributed by atoms with Gasteiger partial charge in [0, 0.05) is 14.7 Å². The molecule has 80 valence electrons. The van der Waals surface area contributed by atoms with Crippen LogP contribution in [0, 0.1) is 0 Å². The molecule has 0 amide bonds. The molecule has 0 bridgehead atoms. The van der Waals surface area contributed by atoms with Crippen molar-refractivity contribution < 1.29 is 5.11 Å². The number of aliphatic hydroxyl groups is 1. The summed E-state index contributed by atoms with van der Waals surface area (Å²) < 4.78 is 1.18. The van der Waals surface area contributed by atoms with Crippen molar-refractivity contribution in [2.45, 2.75) is 45.1 Å². The Bertz CT molecular complexity index is 275. The molecule has 1 rings (SSSR count). The van der Waals surface area contributed by atoms with Gasteiger partial charge in [-0.25, -0.2) is 0 Å². The first-order valence-electron chi connectivity index (χ1n) is 4.93. The first kappa shape index (κ1) is 12.2. The number of rotatable bonds is 5. The topological polar surface area (TPSA) is 20.2 Å². The Kier molecular flexibility index (Phi) is 4.61. The minimum atomic E-state index is -0.504. The van der Waals surface area contributed by atoms with Crippen LogP contribution in [0.1, 0.15) is 38.0 Å². The van der Waals surface area contributed by atoms with E-state index in [-0.39, 0.29) is 0 Å². The number of hydrogen-bond acceptors (Lipinski definition) is 2. The normalized spacial score (nSPS) is 12.0. The number of halogens is 1. The molecule has 0 saturated carbocycles. The monoisotopic (exact) mass is 276 g/mol. The van der Waals surface area contributed by atoms with Gasteiger partial charge in [0.2, 0.25) is 0 Å². The summed E-state index contributed by atoms with van der Waals surface area (Å²) in [5.74, 6) is 0. The van der Waals surface area contributed by atoms with Crippen LogP contribution in [0.3, 0.4) is 0 Å². The fraction of sp³-hybridized carbons (Fsp3) is 0.636. The number of thiophene rings is 1. The summed E-state index contributed by atoms with van der Waals surface area (Å²) in [6.45, 7) is 3.74. The van der Waals surface area contributed by atoms with E-state index in [0.717, 1.165) is 25.7 Å². The van der Waals surface area contributed by atoms with Crippen molar-refractivity contribution in [3.05, 3.63) is 20.8 Å². The van der Waals surface area contributed by atoms with Gasteiger partial charge < -0.3 is 5.11 Å². The third-order valence-electron chi connectivity index (χ3n) is 2.08. The Hall–Kier alpha value is 0.140. The molecule has 1 heterocycles. The van der Waals surface area contributed by atoms with Crippen molar-refractivity contribution in [1.82, 2.24) is 0 Å². The quantitative estimate of drug-likeness (QED) is 0.807. The highest BCUT2D eigenvalue weighted by molar-refractivity contribution is 9.10. The van der Waals surface area contributed by atoms with Crippen LogP contribution < -0.4 is 0 Å². The molecule has 0 fully saturated rings. The highest BCUT2D eigenvalue weighted by atomic mass is 79.9. The summed E-state index contributed by atoms with van der Waals surface area (Å²) >= 11 is 5.24. The molecule has 0 radical (unpaired) electrons. The fourth-order valence-electron chi connectivity index (χ4n) is 1.34. The molecule has 14 heavy (non-hydrogen) atoms. The van der Waals surface area contributed by atoms with E-state index in [1.54, 1.807) is 11.3 Å². The third-order valence-corrected chi connectivity index (χ3v) is 3.84. The van der Waals surface area contributed by atoms with Crippen molar-refractivity contribution in [2.75, 3.05) is 0 Å². The fourth-order valence-corrected chi connectivity index (χ4v) is 2.84. The summed E-state index contributed by atoms with van der Waals surface area (Å²) in [7, 11) is 0. The van der Waals surface area contributed by atoms with Gasteiger partial charge in [-0.15, -0.1) is 11.3 Å². The molecule has 0 aliphatic carbocycles. The molecule has 1 N–H and O–H groups in total. The predicted molar refractivity (Wildman–Crippen MR) is 65.9 cm³/mol.